The molecule has 0 radical (unpaired) electrons. The number of carboxylic acid groups (broad SMARTS) is 1. The molecule has 0 unspecified atom stereocenters. The molecule has 1 heterocycles. The van der Waals surface area contributed by atoms with Gasteiger partial charge in [-0.05, 0) is 37.8 Å². The van der Waals surface area contributed by atoms with Crippen molar-refractivity contribution in [3.05, 3.63) is 35.9 Å². The number of hydrogen-bond acceptors (Lipinski definition) is 3. The Balaban J connectivity index is 1.58. The van der Waals surface area contributed by atoms with Crippen molar-refractivity contribution in [2.24, 2.45) is 11.8 Å². The van der Waals surface area contributed by atoms with Crippen molar-refractivity contribution in [1.82, 2.24) is 10.2 Å². The predicted octanol–water partition coefficient (Wildman–Crippen LogP) is 1.52. The molecule has 2 aliphatic rings. The molecule has 1 aliphatic heterocycles. The number of rotatable bonds is 5. The van der Waals surface area contributed by atoms with Crippen LogP contribution in [0.3, 0.4) is 0 Å². The monoisotopic (exact) mass is 330 g/mol. The largest absolute Gasteiger partial charge is 0.481 e. The third-order valence-corrected chi connectivity index (χ3v) is 4.87. The van der Waals surface area contributed by atoms with Crippen LogP contribution in [-0.2, 0) is 9.59 Å². The van der Waals surface area contributed by atoms with Gasteiger partial charge in [-0.2, -0.15) is 0 Å². The second-order valence-corrected chi connectivity index (χ2v) is 6.54. The van der Waals surface area contributed by atoms with Gasteiger partial charge in [-0.3, -0.25) is 14.4 Å². The molecular weight excluding hydrogens is 308 g/mol. The maximum Gasteiger partial charge on any atom is 0.307 e. The number of carboxylic acids is 1. The molecule has 1 saturated heterocycles. The molecule has 2 fully saturated rings. The van der Waals surface area contributed by atoms with Gasteiger partial charge in [0.15, 0.2) is 0 Å². The van der Waals surface area contributed by atoms with E-state index in [1.165, 1.54) is 0 Å². The zero-order valence-corrected chi connectivity index (χ0v) is 13.5. The maximum atomic E-state index is 12.6. The van der Waals surface area contributed by atoms with Crippen molar-refractivity contribution in [3.63, 3.8) is 0 Å². The molecule has 1 aromatic rings. The fraction of sp³-hybridized carbons (Fsp3) is 0.500. The number of carbonyl (C=O) groups excluding carboxylic acids is 2. The summed E-state index contributed by atoms with van der Waals surface area (Å²) in [7, 11) is 0. The van der Waals surface area contributed by atoms with E-state index in [9.17, 15) is 14.4 Å². The fourth-order valence-electron chi connectivity index (χ4n) is 3.36. The highest BCUT2D eigenvalue weighted by atomic mass is 16.4. The molecule has 1 aromatic carbocycles. The normalized spacial score (nSPS) is 25.8. The minimum absolute atomic E-state index is 0.0473. The number of likely N-dealkylation sites (tertiary alicyclic amines) is 1. The van der Waals surface area contributed by atoms with Crippen LogP contribution in [0.5, 0.6) is 0 Å². The SMILES string of the molecule is O=C(NC[C@@H]1CCCCN1C(=O)[C@@H]1C[C@@H]1C(=O)O)c1ccccc1. The van der Waals surface area contributed by atoms with Gasteiger partial charge >= 0.3 is 5.97 Å². The van der Waals surface area contributed by atoms with Crippen molar-refractivity contribution in [1.29, 1.82) is 0 Å². The Morgan fingerprint density at radius 3 is 2.54 bits per heavy atom. The Hall–Kier alpha value is -2.37. The molecule has 0 bridgehead atoms. The minimum Gasteiger partial charge on any atom is -0.481 e. The zero-order chi connectivity index (χ0) is 17.1. The first-order valence-corrected chi connectivity index (χ1v) is 8.44. The lowest BCUT2D eigenvalue weighted by atomic mass is 10.0. The topological polar surface area (TPSA) is 86.7 Å². The van der Waals surface area contributed by atoms with Gasteiger partial charge in [-0.25, -0.2) is 0 Å². The van der Waals surface area contributed by atoms with E-state index in [1.807, 2.05) is 18.2 Å². The van der Waals surface area contributed by atoms with Crippen LogP contribution in [0.15, 0.2) is 30.3 Å². The summed E-state index contributed by atoms with van der Waals surface area (Å²) in [5.74, 6) is -2.02. The highest BCUT2D eigenvalue weighted by Crippen LogP contribution is 2.41. The smallest absolute Gasteiger partial charge is 0.307 e. The van der Waals surface area contributed by atoms with Gasteiger partial charge < -0.3 is 15.3 Å². The molecule has 6 nitrogen and oxygen atoms in total. The van der Waals surface area contributed by atoms with E-state index in [1.54, 1.807) is 17.0 Å². The maximum absolute atomic E-state index is 12.6. The average Bonchev–Trinajstić information content (AvgIpc) is 3.41. The summed E-state index contributed by atoms with van der Waals surface area (Å²) in [6, 6.07) is 8.93. The van der Waals surface area contributed by atoms with Crippen molar-refractivity contribution in [3.8, 4) is 0 Å². The summed E-state index contributed by atoms with van der Waals surface area (Å²) < 4.78 is 0. The minimum atomic E-state index is -0.890. The summed E-state index contributed by atoms with van der Waals surface area (Å²) in [6.07, 6.45) is 3.22. The van der Waals surface area contributed by atoms with Crippen LogP contribution in [0, 0.1) is 11.8 Å². The van der Waals surface area contributed by atoms with Gasteiger partial charge in [0.25, 0.3) is 5.91 Å². The van der Waals surface area contributed by atoms with Gasteiger partial charge in [-0.15, -0.1) is 0 Å². The van der Waals surface area contributed by atoms with Crippen LogP contribution in [0.2, 0.25) is 0 Å². The summed E-state index contributed by atoms with van der Waals surface area (Å²) >= 11 is 0. The fourth-order valence-corrected chi connectivity index (χ4v) is 3.36. The quantitative estimate of drug-likeness (QED) is 0.857. The lowest BCUT2D eigenvalue weighted by molar-refractivity contribution is -0.143. The molecule has 3 atom stereocenters. The first-order chi connectivity index (χ1) is 11.6. The first-order valence-electron chi connectivity index (χ1n) is 8.44. The molecule has 0 spiro atoms. The standard InChI is InChI=1S/C18H22N2O4/c21-16(12-6-2-1-3-7-12)19-11-13-8-4-5-9-20(13)17(22)14-10-15(14)18(23)24/h1-3,6-7,13-15H,4-5,8-11H2,(H,19,21)(H,23,24)/t13-,14+,15-/m0/s1. The zero-order valence-electron chi connectivity index (χ0n) is 13.5. The number of benzene rings is 1. The van der Waals surface area contributed by atoms with E-state index in [4.69, 9.17) is 5.11 Å². The predicted molar refractivity (Wildman–Crippen MR) is 87.4 cm³/mol. The van der Waals surface area contributed by atoms with E-state index in [0.29, 0.717) is 25.1 Å². The van der Waals surface area contributed by atoms with Crippen LogP contribution < -0.4 is 5.32 Å². The van der Waals surface area contributed by atoms with Crippen LogP contribution in [-0.4, -0.2) is 46.9 Å². The Morgan fingerprint density at radius 1 is 1.12 bits per heavy atom. The number of amides is 2. The van der Waals surface area contributed by atoms with Crippen LogP contribution >= 0.6 is 0 Å². The molecule has 2 N–H and O–H groups in total. The summed E-state index contributed by atoms with van der Waals surface area (Å²) in [5.41, 5.74) is 0.597. The molecule has 3 rings (SSSR count). The van der Waals surface area contributed by atoms with Crippen molar-refractivity contribution in [2.75, 3.05) is 13.1 Å². The second kappa shape index (κ2) is 7.03. The third-order valence-electron chi connectivity index (χ3n) is 4.87. The Kier molecular flexibility index (Phi) is 4.83. The number of nitrogens with one attached hydrogen (secondary N) is 1. The van der Waals surface area contributed by atoms with Gasteiger partial charge in [0.05, 0.1) is 11.8 Å². The molecule has 6 heteroatoms. The van der Waals surface area contributed by atoms with Gasteiger partial charge in [0, 0.05) is 24.7 Å². The van der Waals surface area contributed by atoms with E-state index in [-0.39, 0.29) is 23.8 Å². The number of aliphatic carboxylic acids is 1. The van der Waals surface area contributed by atoms with E-state index >= 15 is 0 Å². The molecule has 128 valence electrons. The lowest BCUT2D eigenvalue weighted by Crippen LogP contribution is -2.50. The number of hydrogen-bond donors (Lipinski definition) is 2. The second-order valence-electron chi connectivity index (χ2n) is 6.54. The molecule has 0 aromatic heterocycles. The Bertz CT molecular complexity index is 631. The van der Waals surface area contributed by atoms with Gasteiger partial charge in [0.1, 0.15) is 0 Å². The van der Waals surface area contributed by atoms with Gasteiger partial charge in [-0.1, -0.05) is 18.2 Å². The Labute approximate surface area is 140 Å². The molecule has 1 aliphatic carbocycles. The summed E-state index contributed by atoms with van der Waals surface area (Å²) in [4.78, 5) is 37.5. The van der Waals surface area contributed by atoms with E-state index < -0.39 is 11.9 Å². The molecular formula is C18H22N2O4. The number of nitrogens with zero attached hydrogens (tertiary/aromatic N) is 1. The highest BCUT2D eigenvalue weighted by Gasteiger charge is 2.50. The van der Waals surface area contributed by atoms with Gasteiger partial charge in [0.2, 0.25) is 5.91 Å². The number of carbonyl (C=O) groups is 3. The van der Waals surface area contributed by atoms with E-state index in [0.717, 1.165) is 19.3 Å². The average molecular weight is 330 g/mol. The molecule has 2 amide bonds. The summed E-state index contributed by atoms with van der Waals surface area (Å²) in [5, 5.41) is 11.9. The molecule has 1 saturated carbocycles. The Morgan fingerprint density at radius 2 is 1.88 bits per heavy atom. The first kappa shape index (κ1) is 16.5. The van der Waals surface area contributed by atoms with Crippen molar-refractivity contribution in [2.45, 2.75) is 31.7 Å². The van der Waals surface area contributed by atoms with E-state index in [2.05, 4.69) is 5.32 Å². The third kappa shape index (κ3) is 3.58. The van der Waals surface area contributed by atoms with Crippen LogP contribution in [0.4, 0.5) is 0 Å². The highest BCUT2D eigenvalue weighted by molar-refractivity contribution is 5.94. The lowest BCUT2D eigenvalue weighted by Gasteiger charge is -2.36. The number of piperidine rings is 1. The summed E-state index contributed by atoms with van der Waals surface area (Å²) in [6.45, 7) is 1.05. The molecule has 24 heavy (non-hydrogen) atoms. The van der Waals surface area contributed by atoms with Crippen LogP contribution in [0.25, 0.3) is 0 Å². The van der Waals surface area contributed by atoms with Crippen LogP contribution in [0.1, 0.15) is 36.0 Å². The van der Waals surface area contributed by atoms with Crippen molar-refractivity contribution >= 4 is 17.8 Å². The van der Waals surface area contributed by atoms with Crippen molar-refractivity contribution < 1.29 is 19.5 Å².